The van der Waals surface area contributed by atoms with Crippen LogP contribution in [0.5, 0.6) is 0 Å². The second-order valence-corrected chi connectivity index (χ2v) is 7.54. The lowest BCUT2D eigenvalue weighted by Gasteiger charge is -2.26. The van der Waals surface area contributed by atoms with Crippen LogP contribution in [0.2, 0.25) is 0 Å². The molecule has 0 aromatic heterocycles. The molecule has 7 heteroatoms. The SMILES string of the molecule is COC(=O)C(CO)NC(=O)c1ccc(C#CC=Cc2ccc(CN3CCOCC3)cc2)cc1. The fourth-order valence-corrected chi connectivity index (χ4v) is 3.28. The number of aliphatic hydroxyl groups excluding tert-OH is 1. The van der Waals surface area contributed by atoms with Crippen LogP contribution in [0.1, 0.15) is 27.0 Å². The van der Waals surface area contributed by atoms with E-state index in [-0.39, 0.29) is 0 Å². The zero-order chi connectivity index (χ0) is 23.5. The second-order valence-electron chi connectivity index (χ2n) is 7.54. The van der Waals surface area contributed by atoms with E-state index in [1.807, 2.05) is 6.08 Å². The number of methoxy groups -OCH3 is 1. The van der Waals surface area contributed by atoms with Crippen molar-refractivity contribution in [1.82, 2.24) is 10.2 Å². The maximum Gasteiger partial charge on any atom is 0.330 e. The largest absolute Gasteiger partial charge is 0.467 e. The van der Waals surface area contributed by atoms with Gasteiger partial charge in [0.15, 0.2) is 6.04 Å². The third-order valence-electron chi connectivity index (χ3n) is 5.19. The van der Waals surface area contributed by atoms with Crippen LogP contribution in [-0.2, 0) is 20.8 Å². The van der Waals surface area contributed by atoms with Crippen LogP contribution in [0.25, 0.3) is 6.08 Å². The molecule has 1 saturated heterocycles. The van der Waals surface area contributed by atoms with E-state index in [9.17, 15) is 14.7 Å². The van der Waals surface area contributed by atoms with Crippen molar-refractivity contribution in [1.29, 1.82) is 0 Å². The molecule has 3 rings (SSSR count). The third kappa shape index (κ3) is 7.58. The van der Waals surface area contributed by atoms with Gasteiger partial charge in [0.25, 0.3) is 5.91 Å². The molecule has 33 heavy (non-hydrogen) atoms. The number of allylic oxidation sites excluding steroid dienone is 1. The number of aliphatic hydroxyl groups is 1. The van der Waals surface area contributed by atoms with Crippen LogP contribution in [0.4, 0.5) is 0 Å². The molecule has 1 aliphatic rings. The summed E-state index contributed by atoms with van der Waals surface area (Å²) in [6.07, 6.45) is 3.75. The van der Waals surface area contributed by atoms with Crippen LogP contribution >= 0.6 is 0 Å². The maximum absolute atomic E-state index is 12.2. The predicted molar refractivity (Wildman–Crippen MR) is 125 cm³/mol. The first-order valence-corrected chi connectivity index (χ1v) is 10.8. The van der Waals surface area contributed by atoms with E-state index in [0.717, 1.165) is 44.0 Å². The van der Waals surface area contributed by atoms with Crippen molar-refractivity contribution in [2.45, 2.75) is 12.6 Å². The van der Waals surface area contributed by atoms with E-state index in [1.54, 1.807) is 30.3 Å². The lowest BCUT2D eigenvalue weighted by Crippen LogP contribution is -2.44. The molecule has 0 bridgehead atoms. The summed E-state index contributed by atoms with van der Waals surface area (Å²) in [6.45, 7) is 3.94. The number of carbonyl (C=O) groups is 2. The van der Waals surface area contributed by atoms with Gasteiger partial charge in [-0.1, -0.05) is 36.1 Å². The highest BCUT2D eigenvalue weighted by Gasteiger charge is 2.21. The highest BCUT2D eigenvalue weighted by Crippen LogP contribution is 2.10. The summed E-state index contributed by atoms with van der Waals surface area (Å²) in [5.74, 6) is 4.84. The van der Waals surface area contributed by atoms with Crippen molar-refractivity contribution in [3.8, 4) is 11.8 Å². The number of benzene rings is 2. The van der Waals surface area contributed by atoms with Gasteiger partial charge >= 0.3 is 5.97 Å². The van der Waals surface area contributed by atoms with Gasteiger partial charge in [-0.05, 0) is 47.5 Å². The van der Waals surface area contributed by atoms with Crippen molar-refractivity contribution in [2.75, 3.05) is 40.0 Å². The van der Waals surface area contributed by atoms with E-state index < -0.39 is 24.5 Å². The molecule has 0 aliphatic carbocycles. The number of hydrogen-bond donors (Lipinski definition) is 2. The number of nitrogens with one attached hydrogen (secondary N) is 1. The van der Waals surface area contributed by atoms with Crippen LogP contribution in [-0.4, -0.2) is 67.9 Å². The lowest BCUT2D eigenvalue weighted by molar-refractivity contribution is -0.143. The highest BCUT2D eigenvalue weighted by atomic mass is 16.5. The Labute approximate surface area is 194 Å². The Kier molecular flexibility index (Phi) is 9.21. The summed E-state index contributed by atoms with van der Waals surface area (Å²) in [7, 11) is 1.20. The monoisotopic (exact) mass is 448 g/mol. The number of morpholine rings is 1. The van der Waals surface area contributed by atoms with Crippen LogP contribution in [0, 0.1) is 11.8 Å². The van der Waals surface area contributed by atoms with Crippen molar-refractivity contribution < 1.29 is 24.2 Å². The summed E-state index contributed by atoms with van der Waals surface area (Å²) in [5.41, 5.74) is 3.46. The number of rotatable bonds is 7. The smallest absolute Gasteiger partial charge is 0.330 e. The van der Waals surface area contributed by atoms with Crippen molar-refractivity contribution in [3.63, 3.8) is 0 Å². The second kappa shape index (κ2) is 12.6. The Morgan fingerprint density at radius 2 is 1.85 bits per heavy atom. The van der Waals surface area contributed by atoms with Crippen LogP contribution in [0.3, 0.4) is 0 Å². The molecule has 0 radical (unpaired) electrons. The van der Waals surface area contributed by atoms with Gasteiger partial charge < -0.3 is 19.9 Å². The quantitative estimate of drug-likeness (QED) is 0.497. The highest BCUT2D eigenvalue weighted by molar-refractivity contribution is 5.96. The molecule has 2 N–H and O–H groups in total. The molecule has 1 aliphatic heterocycles. The number of hydrogen-bond acceptors (Lipinski definition) is 6. The van der Waals surface area contributed by atoms with Gasteiger partial charge in [-0.3, -0.25) is 9.69 Å². The fourth-order valence-electron chi connectivity index (χ4n) is 3.28. The molecule has 1 heterocycles. The average Bonchev–Trinajstić information content (AvgIpc) is 2.86. The molecular weight excluding hydrogens is 420 g/mol. The molecule has 2 aromatic carbocycles. The number of nitrogens with zero attached hydrogens (tertiary/aromatic N) is 1. The average molecular weight is 449 g/mol. The van der Waals surface area contributed by atoms with Crippen LogP contribution in [0.15, 0.2) is 54.6 Å². The lowest BCUT2D eigenvalue weighted by atomic mass is 10.1. The zero-order valence-electron chi connectivity index (χ0n) is 18.6. The van der Waals surface area contributed by atoms with E-state index in [2.05, 4.69) is 51.1 Å². The summed E-state index contributed by atoms with van der Waals surface area (Å²) in [4.78, 5) is 26.1. The molecular formula is C26H28N2O5. The minimum absolute atomic E-state index is 0.357. The van der Waals surface area contributed by atoms with Gasteiger partial charge in [-0.25, -0.2) is 4.79 Å². The van der Waals surface area contributed by atoms with E-state index in [0.29, 0.717) is 5.56 Å². The first-order valence-electron chi connectivity index (χ1n) is 10.8. The molecule has 2 aromatic rings. The Morgan fingerprint density at radius 3 is 2.48 bits per heavy atom. The molecule has 1 atom stereocenters. The van der Waals surface area contributed by atoms with Crippen molar-refractivity contribution >= 4 is 18.0 Å². The number of esters is 1. The summed E-state index contributed by atoms with van der Waals surface area (Å²) < 4.78 is 9.92. The molecule has 0 spiro atoms. The molecule has 1 amide bonds. The normalized spacial score (nSPS) is 14.8. The van der Waals surface area contributed by atoms with Gasteiger partial charge in [0.1, 0.15) is 0 Å². The number of ether oxygens (including phenoxy) is 2. The topological polar surface area (TPSA) is 88.1 Å². The van der Waals surface area contributed by atoms with E-state index in [4.69, 9.17) is 4.74 Å². The minimum atomic E-state index is -1.10. The Bertz CT molecular complexity index is 1010. The summed E-state index contributed by atoms with van der Waals surface area (Å²) >= 11 is 0. The zero-order valence-corrected chi connectivity index (χ0v) is 18.6. The maximum atomic E-state index is 12.2. The van der Waals surface area contributed by atoms with Gasteiger partial charge in [0.05, 0.1) is 26.9 Å². The van der Waals surface area contributed by atoms with Gasteiger partial charge in [0.2, 0.25) is 0 Å². The molecule has 0 saturated carbocycles. The van der Waals surface area contributed by atoms with E-state index >= 15 is 0 Å². The van der Waals surface area contributed by atoms with Gasteiger partial charge in [-0.15, -0.1) is 0 Å². The summed E-state index contributed by atoms with van der Waals surface area (Å²) in [6, 6.07) is 14.0. The first kappa shape index (κ1) is 24.2. The van der Waals surface area contributed by atoms with Crippen molar-refractivity contribution in [3.05, 3.63) is 76.9 Å². The van der Waals surface area contributed by atoms with Gasteiger partial charge in [-0.2, -0.15) is 0 Å². The van der Waals surface area contributed by atoms with E-state index in [1.165, 1.54) is 12.7 Å². The fraction of sp³-hybridized carbons (Fsp3) is 0.308. The van der Waals surface area contributed by atoms with Crippen molar-refractivity contribution in [2.24, 2.45) is 0 Å². The number of carbonyl (C=O) groups excluding carboxylic acids is 2. The number of amides is 1. The molecule has 7 nitrogen and oxygen atoms in total. The summed E-state index contributed by atoms with van der Waals surface area (Å²) in [5, 5.41) is 11.6. The Hall–Kier alpha value is -3.44. The Morgan fingerprint density at radius 1 is 1.15 bits per heavy atom. The minimum Gasteiger partial charge on any atom is -0.467 e. The van der Waals surface area contributed by atoms with Crippen LogP contribution < -0.4 is 5.32 Å². The first-order chi connectivity index (χ1) is 16.1. The molecule has 1 unspecified atom stereocenters. The predicted octanol–water partition coefficient (Wildman–Crippen LogP) is 1.85. The standard InChI is InChI=1S/C26H28N2O5/c1-32-26(31)24(19-29)27-25(30)23-12-10-21(11-13-23)5-3-2-4-20-6-8-22(9-7-20)18-28-14-16-33-17-15-28/h2,4,6-13,24,29H,14-19H2,1H3,(H,27,30). The molecule has 1 fully saturated rings. The van der Waals surface area contributed by atoms with Gasteiger partial charge in [0, 0.05) is 30.8 Å². The molecule has 172 valence electrons. The third-order valence-corrected chi connectivity index (χ3v) is 5.19. The Balaban J connectivity index is 1.51.